The lowest BCUT2D eigenvalue weighted by molar-refractivity contribution is 0.112. The molecule has 0 unspecified atom stereocenters. The Morgan fingerprint density at radius 1 is 1.43 bits per heavy atom. The Morgan fingerprint density at radius 2 is 2.14 bits per heavy atom. The fraction of sp³-hybridized carbons (Fsp3) is 0.182. The van der Waals surface area contributed by atoms with E-state index in [2.05, 4.69) is 0 Å². The van der Waals surface area contributed by atoms with Gasteiger partial charge in [-0.25, -0.2) is 4.39 Å². The predicted molar refractivity (Wildman–Crippen MR) is 53.0 cm³/mol. The molecule has 1 aromatic heterocycles. The van der Waals surface area contributed by atoms with Gasteiger partial charge in [-0.15, -0.1) is 0 Å². The van der Waals surface area contributed by atoms with Crippen LogP contribution in [0.15, 0.2) is 18.3 Å². The van der Waals surface area contributed by atoms with E-state index in [0.717, 1.165) is 17.2 Å². The molecule has 0 saturated heterocycles. The number of hydrogen-bond acceptors (Lipinski definition) is 1. The first-order chi connectivity index (χ1) is 6.63. The highest BCUT2D eigenvalue weighted by Gasteiger charge is 2.08. The second-order valence-electron chi connectivity index (χ2n) is 3.43. The Kier molecular flexibility index (Phi) is 1.88. The van der Waals surface area contributed by atoms with E-state index in [-0.39, 0.29) is 5.82 Å². The predicted octanol–water partition coefficient (Wildman–Crippen LogP) is 2.44. The highest BCUT2D eigenvalue weighted by Crippen LogP contribution is 2.22. The minimum absolute atomic E-state index is 0.240. The number of hydrogen-bond donors (Lipinski definition) is 0. The number of benzene rings is 1. The highest BCUT2D eigenvalue weighted by molar-refractivity contribution is 5.97. The monoisotopic (exact) mass is 191 g/mol. The molecule has 14 heavy (non-hydrogen) atoms. The number of halogens is 1. The van der Waals surface area contributed by atoms with Crippen molar-refractivity contribution in [3.05, 3.63) is 35.3 Å². The lowest BCUT2D eigenvalue weighted by Crippen LogP contribution is -1.87. The zero-order valence-electron chi connectivity index (χ0n) is 8.04. The van der Waals surface area contributed by atoms with Gasteiger partial charge in [-0.1, -0.05) is 0 Å². The minimum atomic E-state index is -0.240. The molecule has 2 aromatic rings. The van der Waals surface area contributed by atoms with Crippen LogP contribution in [0, 0.1) is 12.7 Å². The van der Waals surface area contributed by atoms with Gasteiger partial charge in [0, 0.05) is 24.2 Å². The average Bonchev–Trinajstić information content (AvgIpc) is 2.45. The number of rotatable bonds is 1. The third-order valence-corrected chi connectivity index (χ3v) is 2.43. The maximum absolute atomic E-state index is 13.2. The maximum atomic E-state index is 13.2. The van der Waals surface area contributed by atoms with Crippen molar-refractivity contribution in [3.8, 4) is 0 Å². The molecule has 2 rings (SSSR count). The van der Waals surface area contributed by atoms with Gasteiger partial charge in [0.2, 0.25) is 0 Å². The van der Waals surface area contributed by atoms with Gasteiger partial charge in [0.1, 0.15) is 5.82 Å². The number of carbonyl (C=O) groups is 1. The maximum Gasteiger partial charge on any atom is 0.152 e. The number of aldehydes is 1. The van der Waals surface area contributed by atoms with Crippen molar-refractivity contribution in [2.45, 2.75) is 6.92 Å². The summed E-state index contributed by atoms with van der Waals surface area (Å²) in [6, 6.07) is 3.16. The van der Waals surface area contributed by atoms with Crippen LogP contribution in [0.4, 0.5) is 4.39 Å². The molecule has 0 aliphatic heterocycles. The Hall–Kier alpha value is -1.64. The third-order valence-electron chi connectivity index (χ3n) is 2.43. The Balaban J connectivity index is 2.90. The SMILES string of the molecule is Cc1cc2c(C=O)cn(C)c2cc1F. The van der Waals surface area contributed by atoms with Crippen LogP contribution >= 0.6 is 0 Å². The van der Waals surface area contributed by atoms with Crippen molar-refractivity contribution in [1.82, 2.24) is 4.57 Å². The molecule has 72 valence electrons. The van der Waals surface area contributed by atoms with Gasteiger partial charge in [0.05, 0.1) is 5.52 Å². The molecule has 0 fully saturated rings. The summed E-state index contributed by atoms with van der Waals surface area (Å²) in [4.78, 5) is 10.7. The summed E-state index contributed by atoms with van der Waals surface area (Å²) in [5.74, 6) is -0.240. The van der Waals surface area contributed by atoms with E-state index >= 15 is 0 Å². The standard InChI is InChI=1S/C11H10FNO/c1-7-3-9-8(6-14)5-13(2)11(9)4-10(7)12/h3-6H,1-2H3. The van der Waals surface area contributed by atoms with E-state index in [9.17, 15) is 9.18 Å². The van der Waals surface area contributed by atoms with Crippen molar-refractivity contribution in [2.24, 2.45) is 7.05 Å². The minimum Gasteiger partial charge on any atom is -0.350 e. The topological polar surface area (TPSA) is 22.0 Å². The van der Waals surface area contributed by atoms with Gasteiger partial charge in [0.25, 0.3) is 0 Å². The molecule has 0 aliphatic rings. The summed E-state index contributed by atoms with van der Waals surface area (Å²) in [7, 11) is 1.80. The molecule has 0 bridgehead atoms. The highest BCUT2D eigenvalue weighted by atomic mass is 19.1. The van der Waals surface area contributed by atoms with E-state index in [1.807, 2.05) is 0 Å². The molecular weight excluding hydrogens is 181 g/mol. The van der Waals surface area contributed by atoms with Crippen LogP contribution in [0.1, 0.15) is 15.9 Å². The van der Waals surface area contributed by atoms with Gasteiger partial charge in [0.15, 0.2) is 6.29 Å². The fourth-order valence-corrected chi connectivity index (χ4v) is 1.64. The van der Waals surface area contributed by atoms with Crippen molar-refractivity contribution in [3.63, 3.8) is 0 Å². The van der Waals surface area contributed by atoms with Crippen LogP contribution in [-0.2, 0) is 7.05 Å². The fourth-order valence-electron chi connectivity index (χ4n) is 1.64. The first kappa shape index (κ1) is 8.94. The summed E-state index contributed by atoms with van der Waals surface area (Å²) in [6.45, 7) is 1.69. The Labute approximate surface area is 81.0 Å². The van der Waals surface area contributed by atoms with E-state index < -0.39 is 0 Å². The number of aromatic nitrogens is 1. The quantitative estimate of drug-likeness (QED) is 0.634. The molecule has 1 aromatic carbocycles. The van der Waals surface area contributed by atoms with E-state index in [0.29, 0.717) is 11.1 Å². The van der Waals surface area contributed by atoms with Gasteiger partial charge in [-0.2, -0.15) is 0 Å². The second kappa shape index (κ2) is 2.94. The summed E-state index contributed by atoms with van der Waals surface area (Å²) < 4.78 is 15.0. The molecule has 0 N–H and O–H groups in total. The van der Waals surface area contributed by atoms with Gasteiger partial charge >= 0.3 is 0 Å². The van der Waals surface area contributed by atoms with Gasteiger partial charge in [-0.05, 0) is 24.6 Å². The molecule has 0 saturated carbocycles. The average molecular weight is 191 g/mol. The van der Waals surface area contributed by atoms with Crippen molar-refractivity contribution in [2.75, 3.05) is 0 Å². The molecule has 2 nitrogen and oxygen atoms in total. The molecule has 0 radical (unpaired) electrons. The normalized spacial score (nSPS) is 10.8. The molecule has 0 atom stereocenters. The molecule has 0 aliphatic carbocycles. The summed E-state index contributed by atoms with van der Waals surface area (Å²) in [5.41, 5.74) is 1.91. The number of carbonyl (C=O) groups excluding carboxylic acids is 1. The van der Waals surface area contributed by atoms with E-state index in [1.54, 1.807) is 30.8 Å². The van der Waals surface area contributed by atoms with Crippen molar-refractivity contribution < 1.29 is 9.18 Å². The van der Waals surface area contributed by atoms with Gasteiger partial charge < -0.3 is 4.57 Å². The first-order valence-electron chi connectivity index (χ1n) is 4.34. The van der Waals surface area contributed by atoms with Crippen LogP contribution in [0.3, 0.4) is 0 Å². The second-order valence-corrected chi connectivity index (χ2v) is 3.43. The number of fused-ring (bicyclic) bond motifs is 1. The summed E-state index contributed by atoms with van der Waals surface area (Å²) >= 11 is 0. The number of aryl methyl sites for hydroxylation is 2. The van der Waals surface area contributed by atoms with Crippen LogP contribution in [-0.4, -0.2) is 10.9 Å². The van der Waals surface area contributed by atoms with Crippen LogP contribution < -0.4 is 0 Å². The zero-order chi connectivity index (χ0) is 10.3. The van der Waals surface area contributed by atoms with Crippen LogP contribution in [0.2, 0.25) is 0 Å². The van der Waals surface area contributed by atoms with Crippen molar-refractivity contribution in [1.29, 1.82) is 0 Å². The molecular formula is C11H10FNO. The van der Waals surface area contributed by atoms with Crippen LogP contribution in [0.5, 0.6) is 0 Å². The Morgan fingerprint density at radius 3 is 2.79 bits per heavy atom. The van der Waals surface area contributed by atoms with Crippen molar-refractivity contribution >= 4 is 17.2 Å². The first-order valence-corrected chi connectivity index (χ1v) is 4.34. The lowest BCUT2D eigenvalue weighted by atomic mass is 10.1. The third kappa shape index (κ3) is 1.13. The smallest absolute Gasteiger partial charge is 0.152 e. The van der Waals surface area contributed by atoms with E-state index in [4.69, 9.17) is 0 Å². The van der Waals surface area contributed by atoms with Gasteiger partial charge in [-0.3, -0.25) is 4.79 Å². The molecule has 1 heterocycles. The zero-order valence-corrected chi connectivity index (χ0v) is 8.04. The lowest BCUT2D eigenvalue weighted by Gasteiger charge is -1.99. The summed E-state index contributed by atoms with van der Waals surface area (Å²) in [6.07, 6.45) is 2.50. The summed E-state index contributed by atoms with van der Waals surface area (Å²) in [5, 5.41) is 0.807. The van der Waals surface area contributed by atoms with E-state index in [1.165, 1.54) is 6.07 Å². The molecule has 0 amide bonds. The number of nitrogens with zero attached hydrogens (tertiary/aromatic N) is 1. The molecule has 3 heteroatoms. The largest absolute Gasteiger partial charge is 0.350 e. The Bertz CT molecular complexity index is 513. The molecule has 0 spiro atoms. The van der Waals surface area contributed by atoms with Crippen LogP contribution in [0.25, 0.3) is 10.9 Å².